The Bertz CT molecular complexity index is 467. The number of carbonyl (C=O) groups excluding carboxylic acids is 1. The summed E-state index contributed by atoms with van der Waals surface area (Å²) in [6, 6.07) is 1.53. The standard InChI is InChI=1S/C14H21NO3S/c1-5-6-11-7-12(19-10(11)4)13(16)15-9(3)8(2)14(17)18/h7-9H,5-6H2,1-4H3,(H,15,16)(H,17,18). The van der Waals surface area contributed by atoms with Gasteiger partial charge in [0.2, 0.25) is 0 Å². The van der Waals surface area contributed by atoms with E-state index in [1.807, 2.05) is 13.0 Å². The number of hydrogen-bond acceptors (Lipinski definition) is 3. The molecule has 0 aliphatic heterocycles. The van der Waals surface area contributed by atoms with Crippen LogP contribution in [0.3, 0.4) is 0 Å². The predicted molar refractivity (Wildman–Crippen MR) is 76.8 cm³/mol. The van der Waals surface area contributed by atoms with Crippen LogP contribution in [0.4, 0.5) is 0 Å². The number of nitrogens with one attached hydrogen (secondary N) is 1. The molecule has 2 N–H and O–H groups in total. The summed E-state index contributed by atoms with van der Waals surface area (Å²) in [5, 5.41) is 11.7. The average Bonchev–Trinajstić information content (AvgIpc) is 2.70. The van der Waals surface area contributed by atoms with Gasteiger partial charge in [-0.1, -0.05) is 13.3 Å². The molecule has 0 spiro atoms. The molecule has 1 amide bonds. The lowest BCUT2D eigenvalue weighted by atomic mass is 10.0. The molecule has 0 saturated carbocycles. The number of carboxylic acids is 1. The van der Waals surface area contributed by atoms with E-state index in [-0.39, 0.29) is 11.9 Å². The van der Waals surface area contributed by atoms with Gasteiger partial charge in [-0.15, -0.1) is 11.3 Å². The fourth-order valence-corrected chi connectivity index (χ4v) is 2.74. The highest BCUT2D eigenvalue weighted by Crippen LogP contribution is 2.23. The zero-order chi connectivity index (χ0) is 14.6. The average molecular weight is 283 g/mol. The number of carbonyl (C=O) groups is 2. The topological polar surface area (TPSA) is 66.4 Å². The lowest BCUT2D eigenvalue weighted by Gasteiger charge is -2.17. The number of aryl methyl sites for hydroxylation is 2. The summed E-state index contributed by atoms with van der Waals surface area (Å²) in [4.78, 5) is 24.7. The molecule has 2 unspecified atom stereocenters. The molecule has 0 radical (unpaired) electrons. The minimum Gasteiger partial charge on any atom is -0.481 e. The highest BCUT2D eigenvalue weighted by atomic mass is 32.1. The van der Waals surface area contributed by atoms with E-state index in [1.165, 1.54) is 16.9 Å². The Morgan fingerprint density at radius 1 is 1.42 bits per heavy atom. The molecular formula is C14H21NO3S. The molecule has 0 aliphatic carbocycles. The molecule has 1 rings (SSSR count). The van der Waals surface area contributed by atoms with Crippen molar-refractivity contribution in [3.63, 3.8) is 0 Å². The molecule has 0 fully saturated rings. The van der Waals surface area contributed by atoms with E-state index in [4.69, 9.17) is 5.11 Å². The van der Waals surface area contributed by atoms with Gasteiger partial charge in [-0.25, -0.2) is 0 Å². The maximum absolute atomic E-state index is 12.1. The third kappa shape index (κ3) is 4.06. The Kier molecular flexibility index (Phi) is 5.54. The van der Waals surface area contributed by atoms with Crippen molar-refractivity contribution in [2.24, 2.45) is 5.92 Å². The fraction of sp³-hybridized carbons (Fsp3) is 0.571. The van der Waals surface area contributed by atoms with Crippen LogP contribution in [0.2, 0.25) is 0 Å². The Morgan fingerprint density at radius 3 is 2.58 bits per heavy atom. The van der Waals surface area contributed by atoms with E-state index < -0.39 is 11.9 Å². The van der Waals surface area contributed by atoms with Crippen LogP contribution in [0.5, 0.6) is 0 Å². The van der Waals surface area contributed by atoms with Gasteiger partial charge < -0.3 is 10.4 Å². The smallest absolute Gasteiger partial charge is 0.308 e. The van der Waals surface area contributed by atoms with Crippen LogP contribution in [0.1, 0.15) is 47.3 Å². The summed E-state index contributed by atoms with van der Waals surface area (Å²) in [7, 11) is 0. The van der Waals surface area contributed by atoms with Crippen LogP contribution in [-0.2, 0) is 11.2 Å². The lowest BCUT2D eigenvalue weighted by molar-refractivity contribution is -0.141. The van der Waals surface area contributed by atoms with E-state index in [9.17, 15) is 9.59 Å². The summed E-state index contributed by atoms with van der Waals surface area (Å²) in [6.45, 7) is 7.42. The van der Waals surface area contributed by atoms with Crippen molar-refractivity contribution < 1.29 is 14.7 Å². The molecule has 0 aromatic carbocycles. The first kappa shape index (κ1) is 15.7. The first-order valence-corrected chi connectivity index (χ1v) is 7.31. The first-order valence-electron chi connectivity index (χ1n) is 6.49. The Labute approximate surface area is 117 Å². The van der Waals surface area contributed by atoms with Gasteiger partial charge in [0, 0.05) is 10.9 Å². The van der Waals surface area contributed by atoms with E-state index in [2.05, 4.69) is 12.2 Å². The van der Waals surface area contributed by atoms with Crippen molar-refractivity contribution in [2.75, 3.05) is 0 Å². The maximum atomic E-state index is 12.1. The van der Waals surface area contributed by atoms with Gasteiger partial charge in [0.05, 0.1) is 10.8 Å². The zero-order valence-electron chi connectivity index (χ0n) is 11.8. The third-order valence-corrected chi connectivity index (χ3v) is 4.35. The molecule has 1 aromatic rings. The summed E-state index contributed by atoms with van der Waals surface area (Å²) < 4.78 is 0. The van der Waals surface area contributed by atoms with Crippen LogP contribution in [0.25, 0.3) is 0 Å². The molecule has 2 atom stereocenters. The minimum atomic E-state index is -0.901. The SMILES string of the molecule is CCCc1cc(C(=O)NC(C)C(C)C(=O)O)sc1C. The Hall–Kier alpha value is -1.36. The molecule has 1 heterocycles. The second-order valence-electron chi connectivity index (χ2n) is 4.83. The lowest BCUT2D eigenvalue weighted by Crippen LogP contribution is -2.39. The van der Waals surface area contributed by atoms with E-state index in [0.717, 1.165) is 17.7 Å². The van der Waals surface area contributed by atoms with Crippen molar-refractivity contribution in [3.05, 3.63) is 21.4 Å². The minimum absolute atomic E-state index is 0.184. The van der Waals surface area contributed by atoms with Crippen LogP contribution >= 0.6 is 11.3 Å². The van der Waals surface area contributed by atoms with E-state index in [1.54, 1.807) is 13.8 Å². The van der Waals surface area contributed by atoms with E-state index in [0.29, 0.717) is 4.88 Å². The Morgan fingerprint density at radius 2 is 2.05 bits per heavy atom. The van der Waals surface area contributed by atoms with Crippen molar-refractivity contribution in [1.82, 2.24) is 5.32 Å². The maximum Gasteiger partial charge on any atom is 0.308 e. The van der Waals surface area contributed by atoms with Crippen molar-refractivity contribution in [2.45, 2.75) is 46.6 Å². The fourth-order valence-electron chi connectivity index (χ4n) is 1.77. The van der Waals surface area contributed by atoms with Gasteiger partial charge in [0.15, 0.2) is 0 Å². The van der Waals surface area contributed by atoms with Crippen molar-refractivity contribution in [1.29, 1.82) is 0 Å². The normalized spacial score (nSPS) is 13.9. The molecule has 19 heavy (non-hydrogen) atoms. The number of thiophene rings is 1. The predicted octanol–water partition coefficient (Wildman–Crippen LogP) is 2.85. The largest absolute Gasteiger partial charge is 0.481 e. The zero-order valence-corrected chi connectivity index (χ0v) is 12.6. The van der Waals surface area contributed by atoms with Gasteiger partial charge in [0.1, 0.15) is 0 Å². The molecule has 4 nitrogen and oxygen atoms in total. The number of hydrogen-bond donors (Lipinski definition) is 2. The molecule has 0 bridgehead atoms. The summed E-state index contributed by atoms with van der Waals surface area (Å²) >= 11 is 1.47. The van der Waals surface area contributed by atoms with Gasteiger partial charge in [0.25, 0.3) is 5.91 Å². The Balaban J connectivity index is 2.73. The van der Waals surface area contributed by atoms with E-state index >= 15 is 0 Å². The van der Waals surface area contributed by atoms with Crippen LogP contribution < -0.4 is 5.32 Å². The van der Waals surface area contributed by atoms with Crippen LogP contribution in [-0.4, -0.2) is 23.0 Å². The molecular weight excluding hydrogens is 262 g/mol. The third-order valence-electron chi connectivity index (χ3n) is 3.26. The molecule has 0 saturated heterocycles. The van der Waals surface area contributed by atoms with Gasteiger partial charge >= 0.3 is 5.97 Å². The first-order chi connectivity index (χ1) is 8.86. The van der Waals surface area contributed by atoms with Crippen molar-refractivity contribution >= 4 is 23.2 Å². The summed E-state index contributed by atoms with van der Waals surface area (Å²) in [5.41, 5.74) is 1.21. The highest BCUT2D eigenvalue weighted by Gasteiger charge is 2.22. The quantitative estimate of drug-likeness (QED) is 0.843. The molecule has 106 valence electrons. The second-order valence-corrected chi connectivity index (χ2v) is 6.09. The number of aliphatic carboxylic acids is 1. The van der Waals surface area contributed by atoms with Gasteiger partial charge in [-0.2, -0.15) is 0 Å². The number of carboxylic acid groups (broad SMARTS) is 1. The van der Waals surface area contributed by atoms with Gasteiger partial charge in [-0.3, -0.25) is 9.59 Å². The van der Waals surface area contributed by atoms with Crippen LogP contribution in [0.15, 0.2) is 6.07 Å². The van der Waals surface area contributed by atoms with Crippen molar-refractivity contribution in [3.8, 4) is 0 Å². The molecule has 0 aliphatic rings. The monoisotopic (exact) mass is 283 g/mol. The summed E-state index contributed by atoms with van der Waals surface area (Å²) in [6.07, 6.45) is 2.02. The molecule has 5 heteroatoms. The molecule has 1 aromatic heterocycles. The van der Waals surface area contributed by atoms with Gasteiger partial charge in [-0.05, 0) is 38.8 Å². The highest BCUT2D eigenvalue weighted by molar-refractivity contribution is 7.14. The number of amides is 1. The van der Waals surface area contributed by atoms with Crippen LogP contribution in [0, 0.1) is 12.8 Å². The number of rotatable bonds is 6. The second kappa shape index (κ2) is 6.70. The summed E-state index contributed by atoms with van der Waals surface area (Å²) in [5.74, 6) is -1.68.